The molecule has 0 saturated heterocycles. The second-order valence-corrected chi connectivity index (χ2v) is 5.99. The van der Waals surface area contributed by atoms with Gasteiger partial charge in [-0.25, -0.2) is 0 Å². The lowest BCUT2D eigenvalue weighted by atomic mass is 10.1. The van der Waals surface area contributed by atoms with E-state index in [0.29, 0.717) is 18.7 Å². The average molecular weight is 317 g/mol. The molecule has 0 saturated carbocycles. The normalized spacial score (nSPS) is 10.4. The van der Waals surface area contributed by atoms with E-state index in [4.69, 9.17) is 0 Å². The molecule has 0 bridgehead atoms. The molecule has 0 aliphatic carbocycles. The number of aromatic hydroxyl groups is 2. The summed E-state index contributed by atoms with van der Waals surface area (Å²) >= 11 is 1.52. The number of carbonyl (C=O) groups excluding carboxylic acids is 1. The van der Waals surface area contributed by atoms with Gasteiger partial charge in [0.1, 0.15) is 0 Å². The summed E-state index contributed by atoms with van der Waals surface area (Å²) in [5.74, 6) is 0.0868. The first-order valence-corrected chi connectivity index (χ1v) is 8.01. The Bertz CT molecular complexity index is 658. The largest absolute Gasteiger partial charge is 0.504 e. The maximum Gasteiger partial charge on any atom is 0.230 e. The highest BCUT2D eigenvalue weighted by atomic mass is 32.2. The van der Waals surface area contributed by atoms with Crippen molar-refractivity contribution in [3.63, 3.8) is 0 Å². The fourth-order valence-electron chi connectivity index (χ4n) is 1.98. The molecule has 0 aromatic heterocycles. The molecule has 3 N–H and O–H groups in total. The number of phenolic OH excluding ortho intramolecular Hbond substituents is 2. The number of nitrogens with one attached hydrogen (secondary N) is 1. The highest BCUT2D eigenvalue weighted by molar-refractivity contribution is 8.00. The summed E-state index contributed by atoms with van der Waals surface area (Å²) in [6, 6.07) is 12.6. The Labute approximate surface area is 134 Å². The van der Waals surface area contributed by atoms with Crippen molar-refractivity contribution in [3.05, 3.63) is 53.6 Å². The number of thioether (sulfide) groups is 1. The van der Waals surface area contributed by atoms with E-state index in [2.05, 4.69) is 5.32 Å². The zero-order chi connectivity index (χ0) is 15.9. The molecule has 0 unspecified atom stereocenters. The zero-order valence-electron chi connectivity index (χ0n) is 12.4. The molecule has 1 amide bonds. The van der Waals surface area contributed by atoms with Crippen LogP contribution in [0.15, 0.2) is 47.4 Å². The molecule has 2 aromatic carbocycles. The van der Waals surface area contributed by atoms with Crippen LogP contribution in [0.3, 0.4) is 0 Å². The summed E-state index contributed by atoms with van der Waals surface area (Å²) < 4.78 is 0. The van der Waals surface area contributed by atoms with Crippen molar-refractivity contribution < 1.29 is 15.0 Å². The van der Waals surface area contributed by atoms with Crippen LogP contribution < -0.4 is 5.32 Å². The highest BCUT2D eigenvalue weighted by Crippen LogP contribution is 2.25. The summed E-state index contributed by atoms with van der Waals surface area (Å²) in [6.07, 6.45) is 0.606. The van der Waals surface area contributed by atoms with Gasteiger partial charge in [-0.1, -0.05) is 24.3 Å². The van der Waals surface area contributed by atoms with Crippen molar-refractivity contribution >= 4 is 17.7 Å². The zero-order valence-corrected chi connectivity index (χ0v) is 13.2. The lowest BCUT2D eigenvalue weighted by molar-refractivity contribution is -0.118. The predicted molar refractivity (Wildman–Crippen MR) is 88.4 cm³/mol. The van der Waals surface area contributed by atoms with E-state index in [0.717, 1.165) is 10.5 Å². The van der Waals surface area contributed by atoms with Gasteiger partial charge in [-0.05, 0) is 42.7 Å². The molecular formula is C17H19NO3S. The summed E-state index contributed by atoms with van der Waals surface area (Å²) in [4.78, 5) is 12.9. The molecule has 0 heterocycles. The summed E-state index contributed by atoms with van der Waals surface area (Å²) in [6.45, 7) is 2.52. The molecule has 0 spiro atoms. The van der Waals surface area contributed by atoms with Crippen LogP contribution in [-0.2, 0) is 11.2 Å². The first-order chi connectivity index (χ1) is 10.6. The lowest BCUT2D eigenvalue weighted by Crippen LogP contribution is -2.27. The predicted octanol–water partition coefficient (Wildman–Crippen LogP) is 2.86. The minimum atomic E-state index is -0.140. The molecule has 0 radical (unpaired) electrons. The van der Waals surface area contributed by atoms with Gasteiger partial charge in [0.15, 0.2) is 11.5 Å². The summed E-state index contributed by atoms with van der Waals surface area (Å²) in [5, 5.41) is 21.5. The topological polar surface area (TPSA) is 69.6 Å². The number of aryl methyl sites for hydroxylation is 1. The number of benzene rings is 2. The van der Waals surface area contributed by atoms with E-state index >= 15 is 0 Å². The van der Waals surface area contributed by atoms with Crippen molar-refractivity contribution in [3.8, 4) is 11.5 Å². The van der Waals surface area contributed by atoms with Crippen molar-refractivity contribution in [1.29, 1.82) is 0 Å². The number of phenols is 2. The van der Waals surface area contributed by atoms with Crippen LogP contribution in [-0.4, -0.2) is 28.4 Å². The minimum Gasteiger partial charge on any atom is -0.504 e. The second-order valence-electron chi connectivity index (χ2n) is 4.98. The summed E-state index contributed by atoms with van der Waals surface area (Å²) in [7, 11) is 0. The third-order valence-electron chi connectivity index (χ3n) is 3.23. The average Bonchev–Trinajstić information content (AvgIpc) is 2.50. The van der Waals surface area contributed by atoms with Crippen molar-refractivity contribution in [1.82, 2.24) is 5.32 Å². The van der Waals surface area contributed by atoms with Crippen molar-refractivity contribution in [2.75, 3.05) is 12.3 Å². The fraction of sp³-hybridized carbons (Fsp3) is 0.235. The van der Waals surface area contributed by atoms with E-state index < -0.39 is 0 Å². The third-order valence-corrected chi connectivity index (χ3v) is 4.40. The molecule has 22 heavy (non-hydrogen) atoms. The first kappa shape index (κ1) is 16.2. The van der Waals surface area contributed by atoms with Gasteiger partial charge in [0.2, 0.25) is 5.91 Å². The quantitative estimate of drug-likeness (QED) is 0.566. The van der Waals surface area contributed by atoms with E-state index in [-0.39, 0.29) is 17.4 Å². The van der Waals surface area contributed by atoms with E-state index in [1.165, 1.54) is 29.5 Å². The Morgan fingerprint density at radius 3 is 2.64 bits per heavy atom. The van der Waals surface area contributed by atoms with Crippen molar-refractivity contribution in [2.24, 2.45) is 0 Å². The Morgan fingerprint density at radius 1 is 1.14 bits per heavy atom. The number of rotatable bonds is 6. The van der Waals surface area contributed by atoms with Crippen LogP contribution in [0.2, 0.25) is 0 Å². The molecule has 0 aliphatic heterocycles. The monoisotopic (exact) mass is 317 g/mol. The molecule has 116 valence electrons. The molecule has 0 aliphatic rings. The van der Waals surface area contributed by atoms with Gasteiger partial charge in [-0.2, -0.15) is 0 Å². The molecule has 2 aromatic rings. The molecule has 5 heteroatoms. The van der Waals surface area contributed by atoms with Gasteiger partial charge in [0.25, 0.3) is 0 Å². The lowest BCUT2D eigenvalue weighted by Gasteiger charge is -2.07. The van der Waals surface area contributed by atoms with Crippen LogP contribution >= 0.6 is 11.8 Å². The maximum absolute atomic E-state index is 11.8. The number of hydrogen-bond donors (Lipinski definition) is 3. The Balaban J connectivity index is 1.74. The Hall–Kier alpha value is -2.14. The van der Waals surface area contributed by atoms with Crippen LogP contribution in [0.4, 0.5) is 0 Å². The molecule has 4 nitrogen and oxygen atoms in total. The van der Waals surface area contributed by atoms with Crippen LogP contribution in [0.5, 0.6) is 11.5 Å². The Morgan fingerprint density at radius 2 is 1.91 bits per heavy atom. The summed E-state index contributed by atoms with van der Waals surface area (Å²) in [5.41, 5.74) is 2.03. The molecule has 0 atom stereocenters. The molecular weight excluding hydrogens is 298 g/mol. The van der Waals surface area contributed by atoms with Crippen LogP contribution in [0, 0.1) is 6.92 Å². The van der Waals surface area contributed by atoms with Crippen LogP contribution in [0.25, 0.3) is 0 Å². The number of amides is 1. The molecule has 2 rings (SSSR count). The molecule has 0 fully saturated rings. The van der Waals surface area contributed by atoms with Crippen molar-refractivity contribution in [2.45, 2.75) is 18.2 Å². The Kier molecular flexibility index (Phi) is 5.72. The second kappa shape index (κ2) is 7.75. The number of hydrogen-bond acceptors (Lipinski definition) is 4. The smallest absolute Gasteiger partial charge is 0.230 e. The minimum absolute atomic E-state index is 0.0174. The number of carbonyl (C=O) groups is 1. The first-order valence-electron chi connectivity index (χ1n) is 7.02. The fourth-order valence-corrected chi connectivity index (χ4v) is 2.84. The van der Waals surface area contributed by atoms with E-state index in [1.54, 1.807) is 6.07 Å². The van der Waals surface area contributed by atoms with Gasteiger partial charge < -0.3 is 15.5 Å². The standard InChI is InChI=1S/C17H19NO3S/c1-12-4-2-3-5-16(12)22-11-17(21)18-9-8-13-6-7-14(19)15(20)10-13/h2-7,10,19-20H,8-9,11H2,1H3,(H,18,21). The van der Waals surface area contributed by atoms with E-state index in [1.807, 2.05) is 31.2 Å². The van der Waals surface area contributed by atoms with Gasteiger partial charge >= 0.3 is 0 Å². The highest BCUT2D eigenvalue weighted by Gasteiger charge is 2.05. The maximum atomic E-state index is 11.8. The van der Waals surface area contributed by atoms with Crippen LogP contribution in [0.1, 0.15) is 11.1 Å². The third kappa shape index (κ3) is 4.70. The van der Waals surface area contributed by atoms with Gasteiger partial charge in [-0.15, -0.1) is 11.8 Å². The SMILES string of the molecule is Cc1ccccc1SCC(=O)NCCc1ccc(O)c(O)c1. The van der Waals surface area contributed by atoms with Gasteiger partial charge in [0, 0.05) is 11.4 Å². The van der Waals surface area contributed by atoms with E-state index in [9.17, 15) is 15.0 Å². The van der Waals surface area contributed by atoms with Gasteiger partial charge in [0.05, 0.1) is 5.75 Å². The van der Waals surface area contributed by atoms with Gasteiger partial charge in [-0.3, -0.25) is 4.79 Å².